The molecule has 0 bridgehead atoms. The van der Waals surface area contributed by atoms with Gasteiger partial charge in [-0.15, -0.1) is 0 Å². The van der Waals surface area contributed by atoms with Crippen LogP contribution in [0.25, 0.3) is 0 Å². The molecule has 0 fully saturated rings. The van der Waals surface area contributed by atoms with Crippen LogP contribution in [0.5, 0.6) is 0 Å². The van der Waals surface area contributed by atoms with Gasteiger partial charge in [0.15, 0.2) is 0 Å². The van der Waals surface area contributed by atoms with Crippen molar-refractivity contribution in [3.05, 3.63) is 0 Å². The molecule has 0 aromatic carbocycles. The monoisotopic (exact) mass is 203 g/mol. The fraction of sp³-hybridized carbons (Fsp3) is 1.00. The second-order valence-corrected chi connectivity index (χ2v) is 6.94. The van der Waals surface area contributed by atoms with Crippen molar-refractivity contribution in [3.63, 3.8) is 0 Å². The molecule has 0 aliphatic rings. The van der Waals surface area contributed by atoms with Crippen LogP contribution in [0.3, 0.4) is 0 Å². The molecule has 0 amide bonds. The van der Waals surface area contributed by atoms with E-state index in [9.17, 15) is 0 Å². The second kappa shape index (κ2) is 5.26. The molecule has 0 unspecified atom stereocenters. The van der Waals surface area contributed by atoms with Crippen LogP contribution in [0, 0.1) is 0 Å². The fourth-order valence-electron chi connectivity index (χ4n) is 0.855. The average molecular weight is 203 g/mol. The number of thioether (sulfide) groups is 1. The van der Waals surface area contributed by atoms with Gasteiger partial charge in [0, 0.05) is 22.6 Å². The summed E-state index contributed by atoms with van der Waals surface area (Å²) < 4.78 is 0.444. The minimum absolute atomic E-state index is 0.261. The molecule has 0 atom stereocenters. The quantitative estimate of drug-likeness (QED) is 0.688. The largest absolute Gasteiger partial charge is 0.311 e. The van der Waals surface area contributed by atoms with Gasteiger partial charge in [-0.25, -0.2) is 0 Å². The zero-order chi connectivity index (χ0) is 10.5. The first-order valence-electron chi connectivity index (χ1n) is 5.16. The molecule has 0 saturated carbocycles. The first-order chi connectivity index (χ1) is 5.77. The third-order valence-corrected chi connectivity index (χ3v) is 3.58. The maximum Gasteiger partial charge on any atom is 0.0101 e. The van der Waals surface area contributed by atoms with E-state index in [2.05, 4.69) is 58.6 Å². The summed E-state index contributed by atoms with van der Waals surface area (Å²) in [5.74, 6) is 1.21. The maximum atomic E-state index is 3.50. The Morgan fingerprint density at radius 3 is 2.00 bits per heavy atom. The van der Waals surface area contributed by atoms with E-state index in [0.717, 1.165) is 6.54 Å². The Hall–Kier alpha value is 0.310. The van der Waals surface area contributed by atoms with Gasteiger partial charge in [0.2, 0.25) is 0 Å². The van der Waals surface area contributed by atoms with Gasteiger partial charge < -0.3 is 5.32 Å². The fourth-order valence-corrected chi connectivity index (χ4v) is 1.82. The van der Waals surface area contributed by atoms with Crippen molar-refractivity contribution in [3.8, 4) is 0 Å². The lowest BCUT2D eigenvalue weighted by Crippen LogP contribution is -2.37. The Morgan fingerprint density at radius 1 is 1.08 bits per heavy atom. The Kier molecular flexibility index (Phi) is 5.38. The van der Waals surface area contributed by atoms with Crippen molar-refractivity contribution in [2.75, 3.05) is 12.3 Å². The van der Waals surface area contributed by atoms with Crippen molar-refractivity contribution >= 4 is 11.8 Å². The van der Waals surface area contributed by atoms with Crippen molar-refractivity contribution in [1.82, 2.24) is 5.32 Å². The van der Waals surface area contributed by atoms with Gasteiger partial charge in [-0.1, -0.05) is 20.8 Å². The van der Waals surface area contributed by atoms with Crippen LogP contribution in [0.1, 0.15) is 48.0 Å². The highest BCUT2D eigenvalue weighted by atomic mass is 32.2. The third-order valence-electron chi connectivity index (χ3n) is 2.10. The lowest BCUT2D eigenvalue weighted by atomic mass is 10.1. The smallest absolute Gasteiger partial charge is 0.0101 e. The summed E-state index contributed by atoms with van der Waals surface area (Å²) in [6.07, 6.45) is 1.24. The molecular weight excluding hydrogens is 178 g/mol. The van der Waals surface area contributed by atoms with Crippen LogP contribution in [0.15, 0.2) is 0 Å². The van der Waals surface area contributed by atoms with Crippen LogP contribution >= 0.6 is 11.8 Å². The zero-order valence-corrected chi connectivity index (χ0v) is 10.8. The summed E-state index contributed by atoms with van der Waals surface area (Å²) >= 11 is 2.06. The normalized spacial score (nSPS) is 13.4. The van der Waals surface area contributed by atoms with Gasteiger partial charge in [0.1, 0.15) is 0 Å². The van der Waals surface area contributed by atoms with E-state index in [1.54, 1.807) is 0 Å². The third kappa shape index (κ3) is 8.63. The molecule has 1 nitrogen and oxygen atoms in total. The number of hydrogen-bond donors (Lipinski definition) is 1. The van der Waals surface area contributed by atoms with E-state index in [0.29, 0.717) is 4.75 Å². The molecule has 13 heavy (non-hydrogen) atoms. The van der Waals surface area contributed by atoms with E-state index in [1.807, 2.05) is 0 Å². The van der Waals surface area contributed by atoms with Crippen molar-refractivity contribution in [1.29, 1.82) is 0 Å². The Labute approximate surface area is 88.1 Å². The zero-order valence-electron chi connectivity index (χ0n) is 10.0. The minimum atomic E-state index is 0.261. The van der Waals surface area contributed by atoms with Crippen LogP contribution in [0.4, 0.5) is 0 Å². The predicted octanol–water partition coefficient (Wildman–Crippen LogP) is 3.30. The number of hydrogen-bond acceptors (Lipinski definition) is 2. The average Bonchev–Trinajstić information content (AvgIpc) is 1.97. The molecule has 1 N–H and O–H groups in total. The van der Waals surface area contributed by atoms with Gasteiger partial charge in [-0.3, -0.25) is 0 Å². The Bertz CT molecular complexity index is 136. The van der Waals surface area contributed by atoms with Gasteiger partial charge in [-0.05, 0) is 27.2 Å². The van der Waals surface area contributed by atoms with E-state index >= 15 is 0 Å². The topological polar surface area (TPSA) is 12.0 Å². The maximum absolute atomic E-state index is 3.50. The summed E-state index contributed by atoms with van der Waals surface area (Å²) in [5, 5.41) is 3.50. The van der Waals surface area contributed by atoms with Gasteiger partial charge in [0.25, 0.3) is 0 Å². The van der Waals surface area contributed by atoms with E-state index < -0.39 is 0 Å². The molecule has 0 aromatic heterocycles. The van der Waals surface area contributed by atoms with Crippen LogP contribution < -0.4 is 5.32 Å². The van der Waals surface area contributed by atoms with E-state index in [1.165, 1.54) is 12.2 Å². The van der Waals surface area contributed by atoms with Crippen LogP contribution in [0.2, 0.25) is 0 Å². The number of rotatable bonds is 5. The predicted molar refractivity (Wildman–Crippen MR) is 64.6 cm³/mol. The van der Waals surface area contributed by atoms with E-state index in [-0.39, 0.29) is 5.54 Å². The summed E-state index contributed by atoms with van der Waals surface area (Å²) in [6.45, 7) is 14.6. The van der Waals surface area contributed by atoms with Gasteiger partial charge in [0.05, 0.1) is 0 Å². The Morgan fingerprint density at radius 2 is 1.62 bits per heavy atom. The molecule has 0 aliphatic heterocycles. The standard InChI is InChI=1S/C11H25NS/c1-7-11(5,6)13-9-8-12-10(2,3)4/h12H,7-9H2,1-6H3. The van der Waals surface area contributed by atoms with Crippen LogP contribution in [-0.4, -0.2) is 22.6 Å². The molecular formula is C11H25NS. The Balaban J connectivity index is 3.47. The molecule has 0 heterocycles. The van der Waals surface area contributed by atoms with Crippen molar-refractivity contribution < 1.29 is 0 Å². The highest BCUT2D eigenvalue weighted by Gasteiger charge is 2.15. The van der Waals surface area contributed by atoms with Crippen LogP contribution in [-0.2, 0) is 0 Å². The summed E-state index contributed by atoms with van der Waals surface area (Å²) in [5.41, 5.74) is 0.261. The lowest BCUT2D eigenvalue weighted by molar-refractivity contribution is 0.440. The molecule has 2 heteroatoms. The molecule has 0 aromatic rings. The molecule has 0 radical (unpaired) electrons. The second-order valence-electron chi connectivity index (χ2n) is 5.14. The minimum Gasteiger partial charge on any atom is -0.311 e. The lowest BCUT2D eigenvalue weighted by Gasteiger charge is -2.24. The van der Waals surface area contributed by atoms with Crippen molar-refractivity contribution in [2.24, 2.45) is 0 Å². The molecule has 80 valence electrons. The summed E-state index contributed by atoms with van der Waals surface area (Å²) in [4.78, 5) is 0. The molecule has 0 saturated heterocycles. The molecule has 0 spiro atoms. The molecule has 0 aliphatic carbocycles. The number of nitrogens with one attached hydrogen (secondary N) is 1. The summed E-state index contributed by atoms with van der Waals surface area (Å²) in [6, 6.07) is 0. The van der Waals surface area contributed by atoms with E-state index in [4.69, 9.17) is 0 Å². The molecule has 0 rings (SSSR count). The first kappa shape index (κ1) is 13.3. The first-order valence-corrected chi connectivity index (χ1v) is 6.14. The summed E-state index contributed by atoms with van der Waals surface area (Å²) in [7, 11) is 0. The highest BCUT2D eigenvalue weighted by molar-refractivity contribution is 8.00. The van der Waals surface area contributed by atoms with Gasteiger partial charge >= 0.3 is 0 Å². The highest BCUT2D eigenvalue weighted by Crippen LogP contribution is 2.26. The SMILES string of the molecule is CCC(C)(C)SCCNC(C)(C)C. The van der Waals surface area contributed by atoms with Crippen molar-refractivity contribution in [2.45, 2.75) is 58.2 Å². The van der Waals surface area contributed by atoms with Gasteiger partial charge in [-0.2, -0.15) is 11.8 Å².